The molecule has 0 unspecified atom stereocenters. The Balaban J connectivity index is 1.18. The van der Waals surface area contributed by atoms with Crippen molar-refractivity contribution in [2.45, 2.75) is 50.5 Å². The molecule has 0 aromatic carbocycles. The van der Waals surface area contributed by atoms with Crippen LogP contribution in [0, 0.1) is 5.92 Å². The summed E-state index contributed by atoms with van der Waals surface area (Å²) in [6, 6.07) is 7.85. The van der Waals surface area contributed by atoms with Gasteiger partial charge in [-0.2, -0.15) is 5.10 Å². The van der Waals surface area contributed by atoms with E-state index in [4.69, 9.17) is 14.6 Å². The Morgan fingerprint density at radius 3 is 2.59 bits per heavy atom. The highest BCUT2D eigenvalue weighted by Gasteiger charge is 2.30. The molecule has 2 N–H and O–H groups in total. The number of nitrogens with zero attached hydrogens (tertiary/aromatic N) is 4. The van der Waals surface area contributed by atoms with Crippen LogP contribution >= 0.6 is 0 Å². The predicted molar refractivity (Wildman–Crippen MR) is 126 cm³/mol. The van der Waals surface area contributed by atoms with Gasteiger partial charge in [-0.3, -0.25) is 9.48 Å². The van der Waals surface area contributed by atoms with E-state index in [9.17, 15) is 4.79 Å². The van der Waals surface area contributed by atoms with Crippen molar-refractivity contribution in [2.75, 3.05) is 23.8 Å². The summed E-state index contributed by atoms with van der Waals surface area (Å²) in [7, 11) is 0. The number of hydrogen-bond donors (Lipinski definition) is 2. The molecule has 6 rings (SSSR count). The average molecular weight is 461 g/mol. The molecule has 2 aliphatic carbocycles. The molecule has 3 aromatic rings. The molecule has 9 heteroatoms. The molecule has 1 amide bonds. The molecular formula is C25H28N6O3. The van der Waals surface area contributed by atoms with Crippen LogP contribution in [0.2, 0.25) is 0 Å². The van der Waals surface area contributed by atoms with Crippen LogP contribution in [0.1, 0.15) is 56.2 Å². The first-order valence-electron chi connectivity index (χ1n) is 12.1. The number of aromatic nitrogens is 4. The van der Waals surface area contributed by atoms with E-state index in [1.807, 2.05) is 24.4 Å². The number of carbonyl (C=O) groups is 1. The zero-order valence-corrected chi connectivity index (χ0v) is 18.9. The fourth-order valence-electron chi connectivity index (χ4n) is 4.22. The van der Waals surface area contributed by atoms with Gasteiger partial charge in [0.2, 0.25) is 5.91 Å². The number of carbonyl (C=O) groups excluding carboxylic acids is 1. The highest BCUT2D eigenvalue weighted by Crippen LogP contribution is 2.40. The van der Waals surface area contributed by atoms with Gasteiger partial charge in [-0.15, -0.1) is 0 Å². The SMILES string of the molecule is O=C(Nc1cc(Nc2cc(Oc3cn(C4CC4)nc3C3CCOCC3)ccn2)ccn1)C1CC1. The Morgan fingerprint density at radius 1 is 1.00 bits per heavy atom. The maximum absolute atomic E-state index is 12.0. The van der Waals surface area contributed by atoms with Gasteiger partial charge in [-0.05, 0) is 50.7 Å². The van der Waals surface area contributed by atoms with Crippen LogP contribution in [0.3, 0.4) is 0 Å². The summed E-state index contributed by atoms with van der Waals surface area (Å²) in [5, 5.41) is 11.1. The van der Waals surface area contributed by atoms with E-state index in [2.05, 4.69) is 25.3 Å². The average Bonchev–Trinajstić information content (AvgIpc) is 3.78. The van der Waals surface area contributed by atoms with E-state index in [-0.39, 0.29) is 11.8 Å². The van der Waals surface area contributed by atoms with Gasteiger partial charge >= 0.3 is 0 Å². The largest absolute Gasteiger partial charge is 0.454 e. The Labute approximate surface area is 197 Å². The van der Waals surface area contributed by atoms with Crippen molar-refractivity contribution < 1.29 is 14.3 Å². The minimum Gasteiger partial charge on any atom is -0.454 e. The third-order valence-corrected chi connectivity index (χ3v) is 6.45. The Morgan fingerprint density at radius 2 is 1.79 bits per heavy atom. The van der Waals surface area contributed by atoms with Crippen LogP contribution in [0.4, 0.5) is 17.3 Å². The molecule has 0 spiro atoms. The molecule has 0 radical (unpaired) electrons. The van der Waals surface area contributed by atoms with E-state index < -0.39 is 0 Å². The molecule has 0 bridgehead atoms. The maximum Gasteiger partial charge on any atom is 0.228 e. The van der Waals surface area contributed by atoms with Crippen LogP contribution in [0.15, 0.2) is 42.9 Å². The number of nitrogens with one attached hydrogen (secondary N) is 2. The van der Waals surface area contributed by atoms with Crippen molar-refractivity contribution in [3.63, 3.8) is 0 Å². The Bertz CT molecular complexity index is 1180. The second-order valence-corrected chi connectivity index (χ2v) is 9.27. The number of hydrogen-bond acceptors (Lipinski definition) is 7. The smallest absolute Gasteiger partial charge is 0.228 e. The summed E-state index contributed by atoms with van der Waals surface area (Å²) in [5.74, 6) is 3.19. The van der Waals surface area contributed by atoms with Crippen LogP contribution in [0.25, 0.3) is 0 Å². The lowest BCUT2D eigenvalue weighted by molar-refractivity contribution is -0.117. The topological polar surface area (TPSA) is 103 Å². The van der Waals surface area contributed by atoms with E-state index in [1.165, 1.54) is 12.8 Å². The maximum atomic E-state index is 12.0. The summed E-state index contributed by atoms with van der Waals surface area (Å²) in [5.41, 5.74) is 1.81. The lowest BCUT2D eigenvalue weighted by Gasteiger charge is -2.21. The van der Waals surface area contributed by atoms with Gasteiger partial charge in [0.1, 0.15) is 23.1 Å². The zero-order chi connectivity index (χ0) is 22.9. The molecule has 2 saturated carbocycles. The van der Waals surface area contributed by atoms with E-state index >= 15 is 0 Å². The third-order valence-electron chi connectivity index (χ3n) is 6.45. The van der Waals surface area contributed by atoms with Gasteiger partial charge < -0.3 is 20.1 Å². The normalized spacial score (nSPS) is 18.5. The summed E-state index contributed by atoms with van der Waals surface area (Å²) in [6.45, 7) is 1.53. The molecule has 3 aromatic heterocycles. The Hall–Kier alpha value is -3.46. The number of pyridine rings is 2. The molecule has 0 atom stereocenters. The monoisotopic (exact) mass is 460 g/mol. The van der Waals surface area contributed by atoms with Crippen molar-refractivity contribution >= 4 is 23.2 Å². The molecule has 1 saturated heterocycles. The lowest BCUT2D eigenvalue weighted by Crippen LogP contribution is -2.15. The van der Waals surface area contributed by atoms with Crippen LogP contribution in [-0.4, -0.2) is 38.9 Å². The molecule has 3 aliphatic rings. The third kappa shape index (κ3) is 4.89. The quantitative estimate of drug-likeness (QED) is 0.498. The first kappa shape index (κ1) is 21.1. The minimum atomic E-state index is 0.0326. The van der Waals surface area contributed by atoms with Crippen LogP contribution < -0.4 is 15.4 Å². The molecule has 9 nitrogen and oxygen atoms in total. The first-order valence-corrected chi connectivity index (χ1v) is 12.1. The fourth-order valence-corrected chi connectivity index (χ4v) is 4.22. The fraction of sp³-hybridized carbons (Fsp3) is 0.440. The molecular weight excluding hydrogens is 432 g/mol. The highest BCUT2D eigenvalue weighted by molar-refractivity contribution is 5.93. The molecule has 3 fully saturated rings. The summed E-state index contributed by atoms with van der Waals surface area (Å²) >= 11 is 0. The van der Waals surface area contributed by atoms with Gasteiger partial charge in [0.05, 0.1) is 12.2 Å². The van der Waals surface area contributed by atoms with Gasteiger partial charge in [0.25, 0.3) is 0 Å². The van der Waals surface area contributed by atoms with Crippen molar-refractivity contribution in [1.29, 1.82) is 0 Å². The van der Waals surface area contributed by atoms with Crippen molar-refractivity contribution in [2.24, 2.45) is 5.92 Å². The first-order chi connectivity index (χ1) is 16.7. The van der Waals surface area contributed by atoms with E-state index in [0.29, 0.717) is 29.3 Å². The van der Waals surface area contributed by atoms with Crippen LogP contribution in [-0.2, 0) is 9.53 Å². The van der Waals surface area contributed by atoms with E-state index in [1.54, 1.807) is 18.5 Å². The van der Waals surface area contributed by atoms with Crippen molar-refractivity contribution in [3.8, 4) is 11.5 Å². The summed E-state index contributed by atoms with van der Waals surface area (Å²) in [4.78, 5) is 20.7. The second-order valence-electron chi connectivity index (χ2n) is 9.27. The molecule has 1 aliphatic heterocycles. The van der Waals surface area contributed by atoms with Crippen molar-refractivity contribution in [3.05, 3.63) is 48.5 Å². The molecule has 34 heavy (non-hydrogen) atoms. The second kappa shape index (κ2) is 9.06. The predicted octanol–water partition coefficient (Wildman–Crippen LogP) is 4.79. The number of rotatable bonds is 8. The molecule has 176 valence electrons. The van der Waals surface area contributed by atoms with Gasteiger partial charge in [0, 0.05) is 55.3 Å². The number of amides is 1. The van der Waals surface area contributed by atoms with Gasteiger partial charge in [-0.1, -0.05) is 0 Å². The van der Waals surface area contributed by atoms with E-state index in [0.717, 1.165) is 56.0 Å². The zero-order valence-electron chi connectivity index (χ0n) is 18.9. The van der Waals surface area contributed by atoms with Gasteiger partial charge in [-0.25, -0.2) is 9.97 Å². The minimum absolute atomic E-state index is 0.0326. The molecule has 4 heterocycles. The highest BCUT2D eigenvalue weighted by atomic mass is 16.5. The standard InChI is InChI=1S/C25H28N6O3/c32-25(17-1-2-17)29-22-13-18(5-9-26-22)28-23-14-20(6-10-27-23)34-21-15-31(19-3-4-19)30-24(21)16-7-11-33-12-8-16/h5-6,9-10,13-17,19H,1-4,7-8,11-12H2,(H2,26,27,28,29,32). The van der Waals surface area contributed by atoms with Crippen LogP contribution in [0.5, 0.6) is 11.5 Å². The summed E-state index contributed by atoms with van der Waals surface area (Å²) in [6.07, 6.45) is 11.6. The van der Waals surface area contributed by atoms with Crippen molar-refractivity contribution in [1.82, 2.24) is 19.7 Å². The Kier molecular flexibility index (Phi) is 5.62. The number of ether oxygens (including phenoxy) is 2. The summed E-state index contributed by atoms with van der Waals surface area (Å²) < 4.78 is 13.9. The lowest BCUT2D eigenvalue weighted by atomic mass is 9.96. The van der Waals surface area contributed by atoms with Gasteiger partial charge in [0.15, 0.2) is 5.75 Å². The number of anilines is 3.